The number of aromatic nitrogens is 1. The van der Waals surface area contributed by atoms with Crippen molar-refractivity contribution in [3.05, 3.63) is 71.9 Å². The van der Waals surface area contributed by atoms with Gasteiger partial charge in [-0.3, -0.25) is 4.79 Å². The van der Waals surface area contributed by atoms with Crippen LogP contribution in [0.5, 0.6) is 0 Å². The van der Waals surface area contributed by atoms with Crippen LogP contribution in [0.4, 0.5) is 5.69 Å². The van der Waals surface area contributed by atoms with Gasteiger partial charge in [-0.15, -0.1) is 0 Å². The number of para-hydroxylation sites is 1. The fourth-order valence-electron chi connectivity index (χ4n) is 2.30. The number of anilines is 1. The van der Waals surface area contributed by atoms with Crippen LogP contribution in [0.1, 0.15) is 16.1 Å². The zero-order valence-corrected chi connectivity index (χ0v) is 13.2. The predicted molar refractivity (Wildman–Crippen MR) is 91.8 cm³/mol. The summed E-state index contributed by atoms with van der Waals surface area (Å²) in [5.74, 6) is -1.02. The number of fused-ring (bicyclic) bond motifs is 1. The molecule has 0 aliphatic carbocycles. The fourth-order valence-corrected chi connectivity index (χ4v) is 2.30. The minimum absolute atomic E-state index is 0.178. The maximum Gasteiger partial charge on any atom is 0.357 e. The lowest BCUT2D eigenvalue weighted by Gasteiger charge is -2.07. The molecule has 1 heterocycles. The van der Waals surface area contributed by atoms with Crippen molar-refractivity contribution in [1.29, 1.82) is 0 Å². The molecule has 0 spiro atoms. The van der Waals surface area contributed by atoms with E-state index in [1.165, 1.54) is 0 Å². The summed E-state index contributed by atoms with van der Waals surface area (Å²) in [4.78, 5) is 28.1. The maximum absolute atomic E-state index is 12.0. The van der Waals surface area contributed by atoms with Crippen LogP contribution < -0.4 is 5.32 Å². The molecule has 0 fully saturated rings. The molecule has 24 heavy (non-hydrogen) atoms. The highest BCUT2D eigenvalue weighted by Crippen LogP contribution is 2.13. The number of carbonyl (C=O) groups excluding carboxylic acids is 2. The van der Waals surface area contributed by atoms with Crippen molar-refractivity contribution in [3.8, 4) is 0 Å². The van der Waals surface area contributed by atoms with Crippen molar-refractivity contribution >= 4 is 28.5 Å². The number of hydrogen-bond acceptors (Lipinski definition) is 4. The van der Waals surface area contributed by atoms with Crippen LogP contribution in [0, 0.1) is 6.92 Å². The molecule has 0 aliphatic heterocycles. The summed E-state index contributed by atoms with van der Waals surface area (Å²) in [6, 6.07) is 18.2. The molecule has 0 saturated heterocycles. The first-order valence-corrected chi connectivity index (χ1v) is 7.51. The molecule has 0 radical (unpaired) electrons. The molecule has 5 nitrogen and oxygen atoms in total. The highest BCUT2D eigenvalue weighted by molar-refractivity contribution is 5.95. The normalized spacial score (nSPS) is 10.4. The van der Waals surface area contributed by atoms with Crippen molar-refractivity contribution < 1.29 is 14.3 Å². The summed E-state index contributed by atoms with van der Waals surface area (Å²) in [5.41, 5.74) is 2.58. The number of rotatable bonds is 4. The highest BCUT2D eigenvalue weighted by Gasteiger charge is 2.12. The van der Waals surface area contributed by atoms with Crippen LogP contribution in [-0.4, -0.2) is 23.5 Å². The SMILES string of the molecule is Cc1cccc(NC(=O)COC(=O)c2ccc3ccccc3n2)c1. The van der Waals surface area contributed by atoms with E-state index in [0.29, 0.717) is 11.2 Å². The van der Waals surface area contributed by atoms with Gasteiger partial charge < -0.3 is 10.1 Å². The van der Waals surface area contributed by atoms with Gasteiger partial charge in [0, 0.05) is 11.1 Å². The maximum atomic E-state index is 12.0. The number of ether oxygens (including phenoxy) is 1. The average Bonchev–Trinajstić information content (AvgIpc) is 2.59. The fraction of sp³-hybridized carbons (Fsp3) is 0.105. The van der Waals surface area contributed by atoms with Gasteiger partial charge in [0.15, 0.2) is 6.61 Å². The summed E-state index contributed by atoms with van der Waals surface area (Å²) in [5, 5.41) is 3.62. The summed E-state index contributed by atoms with van der Waals surface area (Å²) in [7, 11) is 0. The Morgan fingerprint density at radius 3 is 2.71 bits per heavy atom. The first-order valence-electron chi connectivity index (χ1n) is 7.51. The lowest BCUT2D eigenvalue weighted by atomic mass is 10.2. The standard InChI is InChI=1S/C19H16N2O3/c1-13-5-4-7-15(11-13)20-18(22)12-24-19(23)17-10-9-14-6-2-3-8-16(14)21-17/h2-11H,12H2,1H3,(H,20,22). The van der Waals surface area contributed by atoms with E-state index in [-0.39, 0.29) is 12.3 Å². The van der Waals surface area contributed by atoms with E-state index in [1.807, 2.05) is 49.4 Å². The number of nitrogens with zero attached hydrogens (tertiary/aromatic N) is 1. The van der Waals surface area contributed by atoms with Crippen molar-refractivity contribution in [2.24, 2.45) is 0 Å². The summed E-state index contributed by atoms with van der Waals surface area (Å²) in [6.45, 7) is 1.57. The average molecular weight is 320 g/mol. The van der Waals surface area contributed by atoms with E-state index in [4.69, 9.17) is 4.74 Å². The Labute approximate surface area is 139 Å². The van der Waals surface area contributed by atoms with Gasteiger partial charge >= 0.3 is 5.97 Å². The Bertz CT molecular complexity index is 906. The van der Waals surface area contributed by atoms with E-state index in [2.05, 4.69) is 10.3 Å². The van der Waals surface area contributed by atoms with Gasteiger partial charge in [-0.1, -0.05) is 36.4 Å². The van der Waals surface area contributed by atoms with Gasteiger partial charge in [0.1, 0.15) is 5.69 Å². The van der Waals surface area contributed by atoms with Gasteiger partial charge in [0.25, 0.3) is 5.91 Å². The summed E-state index contributed by atoms with van der Waals surface area (Å²) < 4.78 is 5.03. The lowest BCUT2D eigenvalue weighted by Crippen LogP contribution is -2.21. The number of amides is 1. The summed E-state index contributed by atoms with van der Waals surface area (Å²) >= 11 is 0. The second-order valence-corrected chi connectivity index (χ2v) is 5.38. The zero-order valence-electron chi connectivity index (χ0n) is 13.2. The Hall–Kier alpha value is -3.21. The Balaban J connectivity index is 1.60. The third-order valence-corrected chi connectivity index (χ3v) is 3.44. The molecule has 1 aromatic heterocycles. The van der Waals surface area contributed by atoms with E-state index >= 15 is 0 Å². The van der Waals surface area contributed by atoms with E-state index in [9.17, 15) is 9.59 Å². The minimum atomic E-state index is -0.625. The number of benzene rings is 2. The first kappa shape index (κ1) is 15.7. The smallest absolute Gasteiger partial charge is 0.357 e. The van der Waals surface area contributed by atoms with Crippen molar-refractivity contribution in [3.63, 3.8) is 0 Å². The third-order valence-electron chi connectivity index (χ3n) is 3.44. The molecule has 0 saturated carbocycles. The van der Waals surface area contributed by atoms with Gasteiger partial charge in [-0.25, -0.2) is 9.78 Å². The number of esters is 1. The molecule has 1 amide bonds. The molecular weight excluding hydrogens is 304 g/mol. The molecule has 0 bridgehead atoms. The third kappa shape index (κ3) is 3.76. The van der Waals surface area contributed by atoms with Gasteiger partial charge in [-0.2, -0.15) is 0 Å². The van der Waals surface area contributed by atoms with Crippen molar-refractivity contribution in [2.45, 2.75) is 6.92 Å². The van der Waals surface area contributed by atoms with E-state index in [1.54, 1.807) is 18.2 Å². The monoisotopic (exact) mass is 320 g/mol. The molecule has 2 aromatic carbocycles. The molecule has 3 rings (SSSR count). The topological polar surface area (TPSA) is 68.3 Å². The highest BCUT2D eigenvalue weighted by atomic mass is 16.5. The second-order valence-electron chi connectivity index (χ2n) is 5.38. The van der Waals surface area contributed by atoms with Crippen molar-refractivity contribution in [2.75, 3.05) is 11.9 Å². The van der Waals surface area contributed by atoms with Crippen LogP contribution in [-0.2, 0) is 9.53 Å². The van der Waals surface area contributed by atoms with Crippen LogP contribution in [0.2, 0.25) is 0 Å². The lowest BCUT2D eigenvalue weighted by molar-refractivity contribution is -0.119. The molecule has 3 aromatic rings. The number of pyridine rings is 1. The number of nitrogens with one attached hydrogen (secondary N) is 1. The summed E-state index contributed by atoms with van der Waals surface area (Å²) in [6.07, 6.45) is 0. The molecule has 0 unspecified atom stereocenters. The molecule has 1 N–H and O–H groups in total. The largest absolute Gasteiger partial charge is 0.451 e. The van der Waals surface area contributed by atoms with Gasteiger partial charge in [0.2, 0.25) is 0 Å². The number of aryl methyl sites for hydroxylation is 1. The van der Waals surface area contributed by atoms with Gasteiger partial charge in [-0.05, 0) is 36.8 Å². The van der Waals surface area contributed by atoms with Crippen LogP contribution >= 0.6 is 0 Å². The molecular formula is C19H16N2O3. The minimum Gasteiger partial charge on any atom is -0.451 e. The number of carbonyl (C=O) groups is 2. The molecule has 120 valence electrons. The van der Waals surface area contributed by atoms with Gasteiger partial charge in [0.05, 0.1) is 5.52 Å². The van der Waals surface area contributed by atoms with Crippen LogP contribution in [0.15, 0.2) is 60.7 Å². The Kier molecular flexibility index (Phi) is 4.52. The van der Waals surface area contributed by atoms with Crippen LogP contribution in [0.3, 0.4) is 0 Å². The van der Waals surface area contributed by atoms with Crippen LogP contribution in [0.25, 0.3) is 10.9 Å². The van der Waals surface area contributed by atoms with E-state index in [0.717, 1.165) is 10.9 Å². The molecule has 0 atom stereocenters. The Morgan fingerprint density at radius 2 is 1.88 bits per heavy atom. The predicted octanol–water partition coefficient (Wildman–Crippen LogP) is 3.34. The zero-order chi connectivity index (χ0) is 16.9. The second kappa shape index (κ2) is 6.91. The quantitative estimate of drug-likeness (QED) is 0.749. The first-order chi connectivity index (χ1) is 11.6. The van der Waals surface area contributed by atoms with E-state index < -0.39 is 11.9 Å². The van der Waals surface area contributed by atoms with Crippen molar-refractivity contribution in [1.82, 2.24) is 4.98 Å². The number of hydrogen-bond donors (Lipinski definition) is 1. The Morgan fingerprint density at radius 1 is 1.04 bits per heavy atom. The molecule has 5 heteroatoms. The molecule has 0 aliphatic rings.